The van der Waals surface area contributed by atoms with Gasteiger partial charge in [-0.05, 0) is 36.6 Å². The standard InChI is InChI=1S/C13H18BrNO2/c1-17-12-4-5-13(14)9(7-12)6-11(16)8-15-10-2-3-10/h4-5,7,10-11,15-16H,2-3,6,8H2,1H3. The molecule has 0 saturated heterocycles. The molecule has 1 saturated carbocycles. The number of aliphatic hydroxyl groups is 1. The molecular formula is C13H18BrNO2. The lowest BCUT2D eigenvalue weighted by atomic mass is 10.1. The number of aliphatic hydroxyl groups excluding tert-OH is 1. The number of ether oxygens (including phenoxy) is 1. The third-order valence-corrected chi connectivity index (χ3v) is 3.70. The molecule has 1 aliphatic carbocycles. The van der Waals surface area contributed by atoms with E-state index in [1.807, 2.05) is 18.2 Å². The third kappa shape index (κ3) is 3.98. The second kappa shape index (κ2) is 5.85. The van der Waals surface area contributed by atoms with Gasteiger partial charge in [0.1, 0.15) is 5.75 Å². The van der Waals surface area contributed by atoms with Gasteiger partial charge < -0.3 is 15.2 Å². The van der Waals surface area contributed by atoms with Crippen LogP contribution in [0.2, 0.25) is 0 Å². The van der Waals surface area contributed by atoms with Crippen molar-refractivity contribution in [1.82, 2.24) is 5.32 Å². The van der Waals surface area contributed by atoms with E-state index in [1.165, 1.54) is 12.8 Å². The van der Waals surface area contributed by atoms with Gasteiger partial charge in [0, 0.05) is 23.5 Å². The number of hydrogen-bond donors (Lipinski definition) is 2. The van der Waals surface area contributed by atoms with E-state index >= 15 is 0 Å². The van der Waals surface area contributed by atoms with Crippen molar-refractivity contribution < 1.29 is 9.84 Å². The fourth-order valence-corrected chi connectivity index (χ4v) is 2.16. The molecule has 1 aromatic rings. The van der Waals surface area contributed by atoms with Gasteiger partial charge in [-0.15, -0.1) is 0 Å². The highest BCUT2D eigenvalue weighted by atomic mass is 79.9. The van der Waals surface area contributed by atoms with E-state index in [0.29, 0.717) is 19.0 Å². The number of methoxy groups -OCH3 is 1. The fourth-order valence-electron chi connectivity index (χ4n) is 1.75. The first-order valence-electron chi connectivity index (χ1n) is 5.93. The lowest BCUT2D eigenvalue weighted by Gasteiger charge is -2.13. The highest BCUT2D eigenvalue weighted by molar-refractivity contribution is 9.10. The Kier molecular flexibility index (Phi) is 4.42. The van der Waals surface area contributed by atoms with Crippen LogP contribution in [0.1, 0.15) is 18.4 Å². The van der Waals surface area contributed by atoms with Gasteiger partial charge in [0.05, 0.1) is 13.2 Å². The van der Waals surface area contributed by atoms with Crippen LogP contribution in [-0.4, -0.2) is 30.9 Å². The Morgan fingerprint density at radius 1 is 1.53 bits per heavy atom. The van der Waals surface area contributed by atoms with Crippen molar-refractivity contribution in [2.24, 2.45) is 0 Å². The van der Waals surface area contributed by atoms with Crippen LogP contribution in [0.15, 0.2) is 22.7 Å². The topological polar surface area (TPSA) is 41.5 Å². The average Bonchev–Trinajstić information content (AvgIpc) is 3.13. The summed E-state index contributed by atoms with van der Waals surface area (Å²) in [6.07, 6.45) is 2.78. The minimum absolute atomic E-state index is 0.348. The smallest absolute Gasteiger partial charge is 0.119 e. The third-order valence-electron chi connectivity index (χ3n) is 2.93. The summed E-state index contributed by atoms with van der Waals surface area (Å²) >= 11 is 3.49. The SMILES string of the molecule is COc1ccc(Br)c(CC(O)CNC2CC2)c1. The zero-order valence-corrected chi connectivity index (χ0v) is 11.5. The quantitative estimate of drug-likeness (QED) is 0.845. The van der Waals surface area contributed by atoms with Gasteiger partial charge in [0.25, 0.3) is 0 Å². The van der Waals surface area contributed by atoms with Gasteiger partial charge in [-0.1, -0.05) is 15.9 Å². The number of benzene rings is 1. The van der Waals surface area contributed by atoms with Crippen LogP contribution < -0.4 is 10.1 Å². The maximum atomic E-state index is 9.94. The largest absolute Gasteiger partial charge is 0.497 e. The minimum atomic E-state index is -0.348. The second-order valence-electron chi connectivity index (χ2n) is 4.50. The van der Waals surface area contributed by atoms with Gasteiger partial charge in [-0.2, -0.15) is 0 Å². The number of halogens is 1. The Hall–Kier alpha value is -0.580. The van der Waals surface area contributed by atoms with Gasteiger partial charge in [-0.3, -0.25) is 0 Å². The van der Waals surface area contributed by atoms with E-state index in [4.69, 9.17) is 4.74 Å². The van der Waals surface area contributed by atoms with Crippen LogP contribution in [0.25, 0.3) is 0 Å². The maximum Gasteiger partial charge on any atom is 0.119 e. The Labute approximate surface area is 110 Å². The Morgan fingerprint density at radius 2 is 2.29 bits per heavy atom. The molecule has 2 rings (SSSR count). The summed E-state index contributed by atoms with van der Waals surface area (Å²) < 4.78 is 6.20. The van der Waals surface area contributed by atoms with Crippen molar-refractivity contribution in [2.75, 3.05) is 13.7 Å². The zero-order valence-electron chi connectivity index (χ0n) is 9.95. The predicted molar refractivity (Wildman–Crippen MR) is 71.4 cm³/mol. The normalized spacial score (nSPS) is 16.9. The number of hydrogen-bond acceptors (Lipinski definition) is 3. The molecule has 2 N–H and O–H groups in total. The molecule has 17 heavy (non-hydrogen) atoms. The second-order valence-corrected chi connectivity index (χ2v) is 5.35. The van der Waals surface area contributed by atoms with Crippen molar-refractivity contribution in [2.45, 2.75) is 31.4 Å². The van der Waals surface area contributed by atoms with Crippen molar-refractivity contribution >= 4 is 15.9 Å². The van der Waals surface area contributed by atoms with Gasteiger partial charge in [0.15, 0.2) is 0 Å². The number of nitrogens with one attached hydrogen (secondary N) is 1. The minimum Gasteiger partial charge on any atom is -0.497 e. The Bertz CT molecular complexity index is 380. The monoisotopic (exact) mass is 299 g/mol. The molecule has 4 heteroatoms. The lowest BCUT2D eigenvalue weighted by molar-refractivity contribution is 0.171. The van der Waals surface area contributed by atoms with Crippen LogP contribution in [0.5, 0.6) is 5.75 Å². The van der Waals surface area contributed by atoms with Crippen LogP contribution in [-0.2, 0) is 6.42 Å². The summed E-state index contributed by atoms with van der Waals surface area (Å²) in [7, 11) is 1.65. The molecular weight excluding hydrogens is 282 g/mol. The molecule has 94 valence electrons. The molecule has 0 aliphatic heterocycles. The summed E-state index contributed by atoms with van der Waals surface area (Å²) in [6.45, 7) is 0.661. The molecule has 1 fully saturated rings. The Morgan fingerprint density at radius 3 is 2.94 bits per heavy atom. The lowest BCUT2D eigenvalue weighted by Crippen LogP contribution is -2.29. The predicted octanol–water partition coefficient (Wildman–Crippen LogP) is 2.11. The molecule has 1 unspecified atom stereocenters. The van der Waals surface area contributed by atoms with Gasteiger partial charge >= 0.3 is 0 Å². The van der Waals surface area contributed by atoms with Gasteiger partial charge in [0.2, 0.25) is 0 Å². The van der Waals surface area contributed by atoms with Crippen LogP contribution in [0.3, 0.4) is 0 Å². The maximum absolute atomic E-state index is 9.94. The molecule has 0 aromatic heterocycles. The molecule has 1 aromatic carbocycles. The van der Waals surface area contributed by atoms with Crippen molar-refractivity contribution in [3.8, 4) is 5.75 Å². The van der Waals surface area contributed by atoms with Crippen molar-refractivity contribution in [1.29, 1.82) is 0 Å². The van der Waals surface area contributed by atoms with E-state index in [9.17, 15) is 5.11 Å². The molecule has 0 radical (unpaired) electrons. The summed E-state index contributed by atoms with van der Waals surface area (Å²) in [4.78, 5) is 0. The summed E-state index contributed by atoms with van der Waals surface area (Å²) in [5, 5.41) is 13.3. The molecule has 1 aliphatic rings. The van der Waals surface area contributed by atoms with Crippen LogP contribution in [0, 0.1) is 0 Å². The number of rotatable bonds is 6. The van der Waals surface area contributed by atoms with E-state index in [0.717, 1.165) is 15.8 Å². The summed E-state index contributed by atoms with van der Waals surface area (Å²) in [6, 6.07) is 6.46. The highest BCUT2D eigenvalue weighted by Gasteiger charge is 2.21. The molecule has 0 heterocycles. The first-order chi connectivity index (χ1) is 8.19. The van der Waals surface area contributed by atoms with Crippen molar-refractivity contribution in [3.63, 3.8) is 0 Å². The zero-order chi connectivity index (χ0) is 12.3. The van der Waals surface area contributed by atoms with E-state index in [2.05, 4.69) is 21.2 Å². The van der Waals surface area contributed by atoms with Crippen molar-refractivity contribution in [3.05, 3.63) is 28.2 Å². The molecule has 0 amide bonds. The van der Waals surface area contributed by atoms with Crippen LogP contribution >= 0.6 is 15.9 Å². The van der Waals surface area contributed by atoms with Crippen LogP contribution in [0.4, 0.5) is 0 Å². The molecule has 0 bridgehead atoms. The van der Waals surface area contributed by atoms with Gasteiger partial charge in [-0.25, -0.2) is 0 Å². The summed E-state index contributed by atoms with van der Waals surface area (Å²) in [5.74, 6) is 0.825. The fraction of sp³-hybridized carbons (Fsp3) is 0.538. The molecule has 3 nitrogen and oxygen atoms in total. The van der Waals surface area contributed by atoms with E-state index in [-0.39, 0.29) is 6.10 Å². The van der Waals surface area contributed by atoms with E-state index < -0.39 is 0 Å². The Balaban J connectivity index is 1.90. The molecule has 0 spiro atoms. The first kappa shape index (κ1) is 12.9. The average molecular weight is 300 g/mol. The highest BCUT2D eigenvalue weighted by Crippen LogP contribution is 2.24. The molecule has 1 atom stereocenters. The van der Waals surface area contributed by atoms with E-state index in [1.54, 1.807) is 7.11 Å². The first-order valence-corrected chi connectivity index (χ1v) is 6.72. The summed E-state index contributed by atoms with van der Waals surface area (Å²) in [5.41, 5.74) is 1.08.